The fourth-order valence-electron chi connectivity index (χ4n) is 3.42. The van der Waals surface area contributed by atoms with Gasteiger partial charge in [0.15, 0.2) is 0 Å². The molecule has 0 bridgehead atoms. The molecule has 0 aliphatic carbocycles. The minimum absolute atomic E-state index is 0.00395. The average molecular weight is 511 g/mol. The van der Waals surface area contributed by atoms with Crippen molar-refractivity contribution in [3.63, 3.8) is 0 Å². The van der Waals surface area contributed by atoms with Gasteiger partial charge in [-0.05, 0) is 69.3 Å². The van der Waals surface area contributed by atoms with Gasteiger partial charge >= 0.3 is 11.9 Å². The van der Waals surface area contributed by atoms with E-state index in [4.69, 9.17) is 4.74 Å². The third-order valence-corrected chi connectivity index (χ3v) is 7.39. The summed E-state index contributed by atoms with van der Waals surface area (Å²) in [6, 6.07) is 6.26. The van der Waals surface area contributed by atoms with E-state index >= 15 is 0 Å². The lowest BCUT2D eigenvalue weighted by molar-refractivity contribution is -0.137. The number of thioether (sulfide) groups is 1. The lowest BCUT2D eigenvalue weighted by Gasteiger charge is -2.28. The number of allylic oxidation sites excluding steroid dienone is 10. The summed E-state index contributed by atoms with van der Waals surface area (Å²) >= 11 is 1.59. The second-order valence-corrected chi connectivity index (χ2v) is 9.72. The summed E-state index contributed by atoms with van der Waals surface area (Å²) in [6.45, 7) is 6.08. The Bertz CT molecular complexity index is 920. The normalized spacial score (nSPS) is 12.6. The van der Waals surface area contributed by atoms with Crippen LogP contribution < -0.4 is 4.74 Å². The Morgan fingerprint density at radius 3 is 1.81 bits per heavy atom. The number of hydrogen-bond acceptors (Lipinski definition) is 4. The summed E-state index contributed by atoms with van der Waals surface area (Å²) < 4.78 is 4.87. The summed E-state index contributed by atoms with van der Waals surface area (Å²) in [7, 11) is 0. The van der Waals surface area contributed by atoms with E-state index < -0.39 is 10.7 Å². The smallest absolute Gasteiger partial charge is 0.339 e. The zero-order valence-electron chi connectivity index (χ0n) is 22.0. The van der Waals surface area contributed by atoms with E-state index in [1.807, 2.05) is 13.8 Å². The molecule has 0 amide bonds. The minimum atomic E-state index is -1.11. The molecule has 196 valence electrons. The van der Waals surface area contributed by atoms with Crippen molar-refractivity contribution in [3.8, 4) is 5.75 Å². The molecule has 4 nitrogen and oxygen atoms in total. The Morgan fingerprint density at radius 1 is 0.806 bits per heavy atom. The van der Waals surface area contributed by atoms with Crippen LogP contribution in [-0.4, -0.2) is 27.5 Å². The maximum Gasteiger partial charge on any atom is 0.339 e. The molecule has 0 aliphatic heterocycles. The SMILES string of the molecule is CC/C=C\C/C=C\C/C=C\C/C=C\C/C=C\CCSC(CC)(CC)C(=O)Oc1ccccc1C(=O)O. The van der Waals surface area contributed by atoms with Crippen LogP contribution >= 0.6 is 11.8 Å². The molecule has 1 aromatic rings. The summed E-state index contributed by atoms with van der Waals surface area (Å²) in [4.78, 5) is 24.4. The average Bonchev–Trinajstić information content (AvgIpc) is 2.88. The molecule has 1 N–H and O–H groups in total. The van der Waals surface area contributed by atoms with Gasteiger partial charge < -0.3 is 9.84 Å². The molecule has 0 aliphatic rings. The highest BCUT2D eigenvalue weighted by Crippen LogP contribution is 2.35. The molecule has 1 aromatic carbocycles. The Morgan fingerprint density at radius 2 is 1.31 bits per heavy atom. The summed E-state index contributed by atoms with van der Waals surface area (Å²) in [6.07, 6.45) is 28.8. The number of aromatic carboxylic acids is 1. The number of carbonyl (C=O) groups excluding carboxylic acids is 1. The lowest BCUT2D eigenvalue weighted by Crippen LogP contribution is -2.38. The third-order valence-electron chi connectivity index (χ3n) is 5.65. The summed E-state index contributed by atoms with van der Waals surface area (Å²) in [5.74, 6) is -0.597. The minimum Gasteiger partial charge on any atom is -0.478 e. The lowest BCUT2D eigenvalue weighted by atomic mass is 10.0. The van der Waals surface area contributed by atoms with Gasteiger partial charge in [0.1, 0.15) is 16.1 Å². The number of para-hydroxylation sites is 1. The predicted octanol–water partition coefficient (Wildman–Crippen LogP) is 8.72. The second-order valence-electron chi connectivity index (χ2n) is 8.24. The topological polar surface area (TPSA) is 63.6 Å². The van der Waals surface area contributed by atoms with E-state index in [9.17, 15) is 14.7 Å². The van der Waals surface area contributed by atoms with Gasteiger partial charge in [0, 0.05) is 0 Å². The van der Waals surface area contributed by atoms with Gasteiger partial charge in [-0.3, -0.25) is 4.79 Å². The first kappa shape index (κ1) is 31.2. The highest BCUT2D eigenvalue weighted by Gasteiger charge is 2.37. The Labute approximate surface area is 221 Å². The van der Waals surface area contributed by atoms with Crippen LogP contribution in [0.15, 0.2) is 85.0 Å². The molecule has 0 saturated carbocycles. The predicted molar refractivity (Wildman–Crippen MR) is 154 cm³/mol. The van der Waals surface area contributed by atoms with E-state index in [2.05, 4.69) is 67.7 Å². The molecule has 1 rings (SSSR count). The summed E-state index contributed by atoms with van der Waals surface area (Å²) in [5.41, 5.74) is -0.00395. The van der Waals surface area contributed by atoms with Crippen molar-refractivity contribution < 1.29 is 19.4 Å². The maximum absolute atomic E-state index is 13.0. The van der Waals surface area contributed by atoms with Gasteiger partial charge in [-0.25, -0.2) is 4.79 Å². The fraction of sp³-hybridized carbons (Fsp3) is 0.419. The van der Waals surface area contributed by atoms with E-state index in [0.717, 1.165) is 44.3 Å². The number of benzene rings is 1. The van der Waals surface area contributed by atoms with Crippen LogP contribution in [0.4, 0.5) is 0 Å². The molecule has 0 unspecified atom stereocenters. The summed E-state index contributed by atoms with van der Waals surface area (Å²) in [5, 5.41) is 9.35. The van der Waals surface area contributed by atoms with Crippen molar-refractivity contribution in [2.24, 2.45) is 0 Å². The van der Waals surface area contributed by atoms with E-state index in [1.54, 1.807) is 23.9 Å². The molecule has 0 radical (unpaired) electrons. The third kappa shape index (κ3) is 12.3. The van der Waals surface area contributed by atoms with Crippen molar-refractivity contribution in [1.82, 2.24) is 0 Å². The molecule has 0 saturated heterocycles. The standard InChI is InChI=1S/C31H42O4S/c1-4-7-8-9-10-11-12-13-14-15-16-17-18-19-20-23-26-36-31(5-2,6-3)30(34)35-28-25-22-21-24-27(28)29(32)33/h7-8,10-11,13-14,16-17,19-22,24-25H,4-6,9,12,15,18,23,26H2,1-3H3,(H,32,33)/b8-7-,11-10-,14-13-,17-16-,20-19-. The quantitative estimate of drug-likeness (QED) is 0.0926. The van der Waals surface area contributed by atoms with E-state index in [0.29, 0.717) is 12.8 Å². The largest absolute Gasteiger partial charge is 0.478 e. The Kier molecular flexibility index (Phi) is 16.8. The van der Waals surface area contributed by atoms with Crippen molar-refractivity contribution >= 4 is 23.7 Å². The number of rotatable bonds is 18. The molecule has 0 aromatic heterocycles. The van der Waals surface area contributed by atoms with Crippen molar-refractivity contribution in [1.29, 1.82) is 0 Å². The number of carbonyl (C=O) groups is 2. The van der Waals surface area contributed by atoms with Gasteiger partial charge in [-0.2, -0.15) is 0 Å². The van der Waals surface area contributed by atoms with Crippen LogP contribution in [0.25, 0.3) is 0 Å². The zero-order valence-corrected chi connectivity index (χ0v) is 22.8. The van der Waals surface area contributed by atoms with Gasteiger partial charge in [0.05, 0.1) is 0 Å². The molecule has 0 spiro atoms. The van der Waals surface area contributed by atoms with Crippen molar-refractivity contribution in [3.05, 3.63) is 90.6 Å². The van der Waals surface area contributed by atoms with E-state index in [-0.39, 0.29) is 17.3 Å². The number of esters is 1. The molecule has 0 heterocycles. The van der Waals surface area contributed by atoms with Crippen LogP contribution in [0.5, 0.6) is 5.75 Å². The van der Waals surface area contributed by atoms with Crippen LogP contribution in [0.3, 0.4) is 0 Å². The Hall–Kier alpha value is -2.79. The first-order valence-corrected chi connectivity index (χ1v) is 13.9. The first-order valence-electron chi connectivity index (χ1n) is 12.9. The molecular formula is C31H42O4S. The zero-order chi connectivity index (χ0) is 26.5. The monoisotopic (exact) mass is 510 g/mol. The van der Waals surface area contributed by atoms with E-state index in [1.165, 1.54) is 12.1 Å². The van der Waals surface area contributed by atoms with Crippen molar-refractivity contribution in [2.45, 2.75) is 76.9 Å². The second kappa shape index (κ2) is 19.4. The maximum atomic E-state index is 13.0. The number of carboxylic acids is 1. The number of carboxylic acid groups (broad SMARTS) is 1. The molecule has 0 atom stereocenters. The first-order chi connectivity index (χ1) is 17.5. The van der Waals surface area contributed by atoms with Crippen LogP contribution in [0.2, 0.25) is 0 Å². The highest BCUT2D eigenvalue weighted by molar-refractivity contribution is 8.01. The molecular weight excluding hydrogens is 468 g/mol. The van der Waals surface area contributed by atoms with Crippen LogP contribution in [-0.2, 0) is 4.79 Å². The van der Waals surface area contributed by atoms with Gasteiger partial charge in [0.25, 0.3) is 0 Å². The van der Waals surface area contributed by atoms with Gasteiger partial charge in [-0.1, -0.05) is 93.7 Å². The van der Waals surface area contributed by atoms with Gasteiger partial charge in [-0.15, -0.1) is 11.8 Å². The highest BCUT2D eigenvalue weighted by atomic mass is 32.2. The van der Waals surface area contributed by atoms with Crippen molar-refractivity contribution in [2.75, 3.05) is 5.75 Å². The number of hydrogen-bond donors (Lipinski definition) is 1. The fourth-order valence-corrected chi connectivity index (χ4v) is 4.63. The molecule has 36 heavy (non-hydrogen) atoms. The molecule has 5 heteroatoms. The van der Waals surface area contributed by atoms with Crippen LogP contribution in [0, 0.1) is 0 Å². The Balaban J connectivity index is 2.37. The number of ether oxygens (including phenoxy) is 1. The molecule has 0 fully saturated rings. The van der Waals surface area contributed by atoms with Crippen LogP contribution in [0.1, 0.15) is 82.5 Å². The van der Waals surface area contributed by atoms with Gasteiger partial charge in [0.2, 0.25) is 0 Å².